The third-order valence-corrected chi connectivity index (χ3v) is 3.47. The second-order valence-corrected chi connectivity index (χ2v) is 5.90. The summed E-state index contributed by atoms with van der Waals surface area (Å²) in [4.78, 5) is 4.51. The fourth-order valence-corrected chi connectivity index (χ4v) is 2.47. The summed E-state index contributed by atoms with van der Waals surface area (Å²) < 4.78 is 3.47. The first-order valence-corrected chi connectivity index (χ1v) is 7.12. The van der Waals surface area contributed by atoms with Gasteiger partial charge < -0.3 is 4.57 Å². The van der Waals surface area contributed by atoms with Gasteiger partial charge in [0.1, 0.15) is 0 Å². The number of aromatic nitrogens is 1. The molecule has 2 nitrogen and oxygen atoms in total. The van der Waals surface area contributed by atoms with Gasteiger partial charge in [0.25, 0.3) is 0 Å². The van der Waals surface area contributed by atoms with Gasteiger partial charge in [-0.05, 0) is 67.6 Å². The number of rotatable bonds is 3. The van der Waals surface area contributed by atoms with Gasteiger partial charge >= 0.3 is 0 Å². The topological polar surface area (TPSA) is 17.3 Å². The lowest BCUT2D eigenvalue weighted by Crippen LogP contribution is -2.00. The maximum absolute atomic E-state index is 4.51. The maximum Gasteiger partial charge on any atom is 0.0640 e. The van der Waals surface area contributed by atoms with Crippen molar-refractivity contribution in [1.29, 1.82) is 0 Å². The lowest BCUT2D eigenvalue weighted by molar-refractivity contribution is 0.589. The molecular weight excluding hydrogens is 335 g/mol. The third kappa shape index (κ3) is 3.22. The molecule has 3 heteroatoms. The van der Waals surface area contributed by atoms with Crippen molar-refractivity contribution in [2.45, 2.75) is 26.8 Å². The van der Waals surface area contributed by atoms with Gasteiger partial charge in [0.15, 0.2) is 0 Å². The Bertz CT molecular complexity index is 568. The standard InChI is InChI=1S/C15H17IN2/c1-11(2)18-10-13(7-12(18)3)9-17-15-6-4-5-14(16)8-15/h4-11H,1-3H3. The van der Waals surface area contributed by atoms with Gasteiger partial charge in [-0.1, -0.05) is 6.07 Å². The van der Waals surface area contributed by atoms with Crippen LogP contribution in [0.1, 0.15) is 31.1 Å². The van der Waals surface area contributed by atoms with Gasteiger partial charge in [-0.2, -0.15) is 0 Å². The largest absolute Gasteiger partial charge is 0.349 e. The molecule has 0 unspecified atom stereocenters. The van der Waals surface area contributed by atoms with Crippen LogP contribution in [0.4, 0.5) is 5.69 Å². The van der Waals surface area contributed by atoms with Crippen molar-refractivity contribution in [2.24, 2.45) is 4.99 Å². The van der Waals surface area contributed by atoms with Gasteiger partial charge in [0.2, 0.25) is 0 Å². The van der Waals surface area contributed by atoms with Crippen LogP contribution in [0.25, 0.3) is 0 Å². The van der Waals surface area contributed by atoms with Crippen LogP contribution in [-0.2, 0) is 0 Å². The summed E-state index contributed by atoms with van der Waals surface area (Å²) in [6.45, 7) is 6.50. The van der Waals surface area contributed by atoms with Gasteiger partial charge in [-0.3, -0.25) is 4.99 Å². The first-order chi connectivity index (χ1) is 8.56. The Morgan fingerprint density at radius 1 is 1.28 bits per heavy atom. The van der Waals surface area contributed by atoms with Crippen molar-refractivity contribution in [3.05, 3.63) is 51.4 Å². The second kappa shape index (κ2) is 5.69. The van der Waals surface area contributed by atoms with Crippen LogP contribution in [0.3, 0.4) is 0 Å². The van der Waals surface area contributed by atoms with Crippen LogP contribution in [0.2, 0.25) is 0 Å². The van der Waals surface area contributed by atoms with E-state index >= 15 is 0 Å². The summed E-state index contributed by atoms with van der Waals surface area (Å²) in [6, 6.07) is 10.8. The van der Waals surface area contributed by atoms with E-state index in [1.54, 1.807) is 0 Å². The van der Waals surface area contributed by atoms with Gasteiger partial charge in [0, 0.05) is 33.3 Å². The van der Waals surface area contributed by atoms with Crippen molar-refractivity contribution in [2.75, 3.05) is 0 Å². The molecule has 0 N–H and O–H groups in total. The summed E-state index contributed by atoms with van der Waals surface area (Å²) in [6.07, 6.45) is 4.08. The number of benzene rings is 1. The molecular formula is C15H17IN2. The molecule has 0 radical (unpaired) electrons. The predicted octanol–water partition coefficient (Wildman–Crippen LogP) is 4.73. The molecule has 2 rings (SSSR count). The fourth-order valence-electron chi connectivity index (χ4n) is 1.95. The summed E-state index contributed by atoms with van der Waals surface area (Å²) >= 11 is 2.30. The minimum Gasteiger partial charge on any atom is -0.349 e. The quantitative estimate of drug-likeness (QED) is 0.561. The summed E-state index contributed by atoms with van der Waals surface area (Å²) in [5.41, 5.74) is 3.42. The average molecular weight is 352 g/mol. The molecule has 1 aromatic carbocycles. The van der Waals surface area contributed by atoms with Crippen LogP contribution in [0.15, 0.2) is 41.5 Å². The van der Waals surface area contributed by atoms with Crippen LogP contribution in [0.5, 0.6) is 0 Å². The highest BCUT2D eigenvalue weighted by Crippen LogP contribution is 2.17. The number of nitrogens with zero attached hydrogens (tertiary/aromatic N) is 2. The van der Waals surface area contributed by atoms with Gasteiger partial charge in [-0.15, -0.1) is 0 Å². The SMILES string of the molecule is Cc1cc(C=Nc2cccc(I)c2)cn1C(C)C. The predicted molar refractivity (Wildman–Crippen MR) is 86.0 cm³/mol. The van der Waals surface area contributed by atoms with E-state index in [-0.39, 0.29) is 0 Å². The average Bonchev–Trinajstić information content (AvgIpc) is 2.68. The van der Waals surface area contributed by atoms with Gasteiger partial charge in [-0.25, -0.2) is 0 Å². The molecule has 0 aliphatic rings. The van der Waals surface area contributed by atoms with Crippen molar-refractivity contribution >= 4 is 34.5 Å². The molecule has 18 heavy (non-hydrogen) atoms. The highest BCUT2D eigenvalue weighted by Gasteiger charge is 2.03. The number of hydrogen-bond acceptors (Lipinski definition) is 1. The minimum absolute atomic E-state index is 0.491. The van der Waals surface area contributed by atoms with E-state index in [1.807, 2.05) is 18.3 Å². The number of aliphatic imine (C=N–C) groups is 1. The Morgan fingerprint density at radius 2 is 2.06 bits per heavy atom. The Kier molecular flexibility index (Phi) is 4.22. The van der Waals surface area contributed by atoms with Crippen LogP contribution in [0, 0.1) is 10.5 Å². The number of aryl methyl sites for hydroxylation is 1. The zero-order valence-corrected chi connectivity index (χ0v) is 13.0. The molecule has 0 bridgehead atoms. The molecule has 1 aromatic heterocycles. The Hall–Kier alpha value is -1.10. The molecule has 0 amide bonds. The van der Waals surface area contributed by atoms with E-state index in [2.05, 4.69) is 77.3 Å². The Morgan fingerprint density at radius 3 is 2.67 bits per heavy atom. The minimum atomic E-state index is 0.491. The zero-order chi connectivity index (χ0) is 13.1. The third-order valence-electron chi connectivity index (χ3n) is 2.80. The molecule has 0 saturated carbocycles. The van der Waals surface area contributed by atoms with E-state index in [0.29, 0.717) is 6.04 Å². The molecule has 94 valence electrons. The molecule has 0 aliphatic heterocycles. The molecule has 0 atom stereocenters. The summed E-state index contributed by atoms with van der Waals surface area (Å²) in [5.74, 6) is 0. The molecule has 0 fully saturated rings. The monoisotopic (exact) mass is 352 g/mol. The van der Waals surface area contributed by atoms with Gasteiger partial charge in [0.05, 0.1) is 5.69 Å². The number of halogens is 1. The van der Waals surface area contributed by atoms with Crippen LogP contribution >= 0.6 is 22.6 Å². The first-order valence-electron chi connectivity index (χ1n) is 6.04. The van der Waals surface area contributed by atoms with E-state index in [1.165, 1.54) is 9.26 Å². The first kappa shape index (κ1) is 13.3. The summed E-state index contributed by atoms with van der Waals surface area (Å²) in [7, 11) is 0. The highest BCUT2D eigenvalue weighted by molar-refractivity contribution is 14.1. The van der Waals surface area contributed by atoms with E-state index in [0.717, 1.165) is 11.3 Å². The normalized spacial score (nSPS) is 11.6. The number of hydrogen-bond donors (Lipinski definition) is 0. The molecule has 0 saturated heterocycles. The molecule has 0 spiro atoms. The Labute approximate surface area is 122 Å². The van der Waals surface area contributed by atoms with Crippen LogP contribution < -0.4 is 0 Å². The lowest BCUT2D eigenvalue weighted by Gasteiger charge is -2.08. The van der Waals surface area contributed by atoms with E-state index in [4.69, 9.17) is 0 Å². The highest BCUT2D eigenvalue weighted by atomic mass is 127. The Balaban J connectivity index is 2.21. The molecule has 2 aromatic rings. The van der Waals surface area contributed by atoms with Crippen molar-refractivity contribution in [3.63, 3.8) is 0 Å². The van der Waals surface area contributed by atoms with Crippen molar-refractivity contribution < 1.29 is 0 Å². The van der Waals surface area contributed by atoms with E-state index in [9.17, 15) is 0 Å². The second-order valence-electron chi connectivity index (χ2n) is 4.65. The van der Waals surface area contributed by atoms with Crippen molar-refractivity contribution in [1.82, 2.24) is 4.57 Å². The van der Waals surface area contributed by atoms with E-state index < -0.39 is 0 Å². The zero-order valence-electron chi connectivity index (χ0n) is 10.9. The maximum atomic E-state index is 4.51. The van der Waals surface area contributed by atoms with Crippen molar-refractivity contribution in [3.8, 4) is 0 Å². The van der Waals surface area contributed by atoms with Crippen LogP contribution in [-0.4, -0.2) is 10.8 Å². The molecule has 0 aliphatic carbocycles. The fraction of sp³-hybridized carbons (Fsp3) is 0.267. The molecule has 1 heterocycles. The lowest BCUT2D eigenvalue weighted by atomic mass is 10.3. The summed E-state index contributed by atoms with van der Waals surface area (Å²) in [5, 5.41) is 0. The smallest absolute Gasteiger partial charge is 0.0640 e.